The highest BCUT2D eigenvalue weighted by Crippen LogP contribution is 2.23. The summed E-state index contributed by atoms with van der Waals surface area (Å²) < 4.78 is -0.0865. The van der Waals surface area contributed by atoms with Gasteiger partial charge in [0.05, 0.1) is 12.7 Å². The van der Waals surface area contributed by atoms with Crippen molar-refractivity contribution in [3.63, 3.8) is 0 Å². The van der Waals surface area contributed by atoms with Gasteiger partial charge in [0.1, 0.15) is 0 Å². The number of nitriles is 1. The fraction of sp³-hybridized carbons (Fsp3) is 0.857. The van der Waals surface area contributed by atoms with Crippen LogP contribution in [0.15, 0.2) is 0 Å². The number of rotatable bonds is 4. The summed E-state index contributed by atoms with van der Waals surface area (Å²) in [4.78, 5) is 0. The molecule has 0 amide bonds. The highest BCUT2D eigenvalue weighted by atomic mass is 32.2. The van der Waals surface area contributed by atoms with Crippen LogP contribution in [0.25, 0.3) is 0 Å². The highest BCUT2D eigenvalue weighted by molar-refractivity contribution is 8.00. The first-order valence-corrected chi connectivity index (χ1v) is 4.23. The summed E-state index contributed by atoms with van der Waals surface area (Å²) in [5.74, 6) is 0.810. The summed E-state index contributed by atoms with van der Waals surface area (Å²) in [6.45, 7) is 4.10. The summed E-state index contributed by atoms with van der Waals surface area (Å²) in [6, 6.07) is 2.06. The van der Waals surface area contributed by atoms with Crippen LogP contribution in [-0.4, -0.2) is 22.2 Å². The van der Waals surface area contributed by atoms with Gasteiger partial charge in [-0.2, -0.15) is 17.0 Å². The van der Waals surface area contributed by atoms with Gasteiger partial charge in [-0.25, -0.2) is 0 Å². The minimum absolute atomic E-state index is 0.0865. The van der Waals surface area contributed by atoms with Crippen molar-refractivity contribution in [2.45, 2.75) is 25.0 Å². The molecule has 0 heterocycles. The second-order valence-electron chi connectivity index (χ2n) is 2.67. The molecule has 3 heteroatoms. The molecule has 0 saturated heterocycles. The van der Waals surface area contributed by atoms with Crippen molar-refractivity contribution in [3.05, 3.63) is 0 Å². The molecule has 0 spiro atoms. The predicted molar refractivity (Wildman–Crippen MR) is 43.9 cm³/mol. The Morgan fingerprint density at radius 3 is 2.60 bits per heavy atom. The molecule has 58 valence electrons. The molecule has 0 fully saturated rings. The van der Waals surface area contributed by atoms with Crippen LogP contribution >= 0.6 is 11.8 Å². The van der Waals surface area contributed by atoms with Gasteiger partial charge in [0, 0.05) is 16.9 Å². The third-order valence-electron chi connectivity index (χ3n) is 1.09. The summed E-state index contributed by atoms with van der Waals surface area (Å²) in [5.41, 5.74) is 0. The minimum atomic E-state index is -0.0865. The molecule has 0 bridgehead atoms. The van der Waals surface area contributed by atoms with Crippen molar-refractivity contribution < 1.29 is 5.11 Å². The van der Waals surface area contributed by atoms with Gasteiger partial charge in [-0.1, -0.05) is 0 Å². The number of hydrogen-bond donors (Lipinski definition) is 1. The SMILES string of the molecule is CC(C)(CO)SCCC#N. The predicted octanol–water partition coefficient (Wildman–Crippen LogP) is 1.40. The molecule has 0 saturated carbocycles. The first-order chi connectivity index (χ1) is 4.62. The fourth-order valence-corrected chi connectivity index (χ4v) is 1.26. The molecular formula is C7H13NOS. The maximum absolute atomic E-state index is 8.79. The normalized spacial score (nSPS) is 11.0. The molecule has 0 aliphatic rings. The van der Waals surface area contributed by atoms with E-state index in [1.165, 1.54) is 0 Å². The Labute approximate surface area is 66.2 Å². The number of nitrogens with zero attached hydrogens (tertiary/aromatic N) is 1. The van der Waals surface area contributed by atoms with Gasteiger partial charge in [-0.15, -0.1) is 0 Å². The van der Waals surface area contributed by atoms with E-state index in [4.69, 9.17) is 10.4 Å². The van der Waals surface area contributed by atoms with Gasteiger partial charge in [-0.3, -0.25) is 0 Å². The van der Waals surface area contributed by atoms with E-state index in [0.29, 0.717) is 6.42 Å². The maximum atomic E-state index is 8.79. The molecule has 0 radical (unpaired) electrons. The third-order valence-corrected chi connectivity index (χ3v) is 2.41. The Bertz CT molecular complexity index is 128. The van der Waals surface area contributed by atoms with Crippen molar-refractivity contribution in [1.82, 2.24) is 0 Å². The fourth-order valence-electron chi connectivity index (χ4n) is 0.419. The van der Waals surface area contributed by atoms with E-state index >= 15 is 0 Å². The molecule has 0 aromatic carbocycles. The molecule has 0 rings (SSSR count). The number of hydrogen-bond acceptors (Lipinski definition) is 3. The van der Waals surface area contributed by atoms with Gasteiger partial charge < -0.3 is 5.11 Å². The van der Waals surface area contributed by atoms with Crippen molar-refractivity contribution in [3.8, 4) is 6.07 Å². The second kappa shape index (κ2) is 4.59. The molecule has 10 heavy (non-hydrogen) atoms. The maximum Gasteiger partial charge on any atom is 0.0630 e. The third kappa shape index (κ3) is 4.66. The van der Waals surface area contributed by atoms with Crippen LogP contribution in [-0.2, 0) is 0 Å². The molecule has 2 nitrogen and oxygen atoms in total. The monoisotopic (exact) mass is 159 g/mol. The zero-order valence-corrected chi connectivity index (χ0v) is 7.24. The largest absolute Gasteiger partial charge is 0.395 e. The second-order valence-corrected chi connectivity index (χ2v) is 4.48. The first kappa shape index (κ1) is 9.80. The number of aliphatic hydroxyl groups excluding tert-OH is 1. The Hall–Kier alpha value is -0.200. The standard InChI is InChI=1S/C7H13NOS/c1-7(2,6-9)10-5-3-4-8/h9H,3,5-6H2,1-2H3. The molecule has 0 atom stereocenters. The zero-order valence-electron chi connectivity index (χ0n) is 6.42. The molecule has 1 N–H and O–H groups in total. The van der Waals surface area contributed by atoms with E-state index in [9.17, 15) is 0 Å². The average Bonchev–Trinajstić information content (AvgIpc) is 1.89. The number of thioether (sulfide) groups is 1. The minimum Gasteiger partial charge on any atom is -0.395 e. The van der Waals surface area contributed by atoms with E-state index < -0.39 is 0 Å². The van der Waals surface area contributed by atoms with Gasteiger partial charge in [0.25, 0.3) is 0 Å². The summed E-state index contributed by atoms with van der Waals surface area (Å²) in [5, 5.41) is 17.0. The van der Waals surface area contributed by atoms with E-state index in [0.717, 1.165) is 5.75 Å². The lowest BCUT2D eigenvalue weighted by molar-refractivity contribution is 0.265. The van der Waals surface area contributed by atoms with Crippen LogP contribution in [0.3, 0.4) is 0 Å². The summed E-state index contributed by atoms with van der Waals surface area (Å²) >= 11 is 1.63. The zero-order chi connectivity index (χ0) is 8.04. The highest BCUT2D eigenvalue weighted by Gasteiger charge is 2.15. The molecule has 0 aromatic rings. The molecule has 0 unspecified atom stereocenters. The van der Waals surface area contributed by atoms with Gasteiger partial charge >= 0.3 is 0 Å². The van der Waals surface area contributed by atoms with Crippen LogP contribution in [0.4, 0.5) is 0 Å². The molecular weight excluding hydrogens is 146 g/mol. The lowest BCUT2D eigenvalue weighted by Gasteiger charge is -2.19. The Morgan fingerprint density at radius 2 is 2.20 bits per heavy atom. The Morgan fingerprint density at radius 1 is 1.60 bits per heavy atom. The van der Waals surface area contributed by atoms with Gasteiger partial charge in [-0.05, 0) is 13.8 Å². The smallest absolute Gasteiger partial charge is 0.0630 e. The van der Waals surface area contributed by atoms with Crippen molar-refractivity contribution in [1.29, 1.82) is 5.26 Å². The Balaban J connectivity index is 3.39. The van der Waals surface area contributed by atoms with Crippen molar-refractivity contribution in [2.75, 3.05) is 12.4 Å². The van der Waals surface area contributed by atoms with Crippen LogP contribution in [0.1, 0.15) is 20.3 Å². The average molecular weight is 159 g/mol. The van der Waals surface area contributed by atoms with Crippen LogP contribution < -0.4 is 0 Å². The molecule has 0 aliphatic heterocycles. The lowest BCUT2D eigenvalue weighted by atomic mass is 10.2. The van der Waals surface area contributed by atoms with Crippen molar-refractivity contribution in [2.24, 2.45) is 0 Å². The lowest BCUT2D eigenvalue weighted by Crippen LogP contribution is -2.20. The van der Waals surface area contributed by atoms with Gasteiger partial charge in [0.15, 0.2) is 0 Å². The van der Waals surface area contributed by atoms with E-state index in [1.54, 1.807) is 11.8 Å². The Kier molecular flexibility index (Phi) is 4.50. The van der Waals surface area contributed by atoms with Gasteiger partial charge in [0.2, 0.25) is 0 Å². The molecule has 0 aliphatic carbocycles. The number of aliphatic hydroxyl groups is 1. The summed E-state index contributed by atoms with van der Waals surface area (Å²) in [7, 11) is 0. The van der Waals surface area contributed by atoms with E-state index in [2.05, 4.69) is 6.07 Å². The topological polar surface area (TPSA) is 44.0 Å². The quantitative estimate of drug-likeness (QED) is 0.631. The van der Waals surface area contributed by atoms with Crippen molar-refractivity contribution >= 4 is 11.8 Å². The first-order valence-electron chi connectivity index (χ1n) is 3.24. The van der Waals surface area contributed by atoms with Crippen LogP contribution in [0, 0.1) is 11.3 Å². The summed E-state index contributed by atoms with van der Waals surface area (Å²) in [6.07, 6.45) is 0.564. The van der Waals surface area contributed by atoms with Crippen LogP contribution in [0.2, 0.25) is 0 Å². The van der Waals surface area contributed by atoms with E-state index in [1.807, 2.05) is 13.8 Å². The van der Waals surface area contributed by atoms with E-state index in [-0.39, 0.29) is 11.4 Å². The molecule has 0 aromatic heterocycles. The van der Waals surface area contributed by atoms with Crippen LogP contribution in [0.5, 0.6) is 0 Å².